The average Bonchev–Trinajstić information content (AvgIpc) is 2.59. The summed E-state index contributed by atoms with van der Waals surface area (Å²) in [7, 11) is 1.60. The summed E-state index contributed by atoms with van der Waals surface area (Å²) in [5.74, 6) is 0.986. The standard InChI is InChI=1S/C19H20O4/c1-3-22-19(20)12-9-16-13-17(21-2)10-11-18(16)23-14-15-7-5-4-6-8-15/h4-13H,3,14H2,1-2H3/b12-9+. The summed E-state index contributed by atoms with van der Waals surface area (Å²) >= 11 is 0. The van der Waals surface area contributed by atoms with Gasteiger partial charge in [-0.05, 0) is 36.8 Å². The zero-order valence-electron chi connectivity index (χ0n) is 13.3. The predicted molar refractivity (Wildman–Crippen MR) is 89.4 cm³/mol. The topological polar surface area (TPSA) is 44.8 Å². The number of rotatable bonds is 7. The highest BCUT2D eigenvalue weighted by atomic mass is 16.5. The Labute approximate surface area is 136 Å². The maximum atomic E-state index is 11.5. The summed E-state index contributed by atoms with van der Waals surface area (Å²) in [6.07, 6.45) is 3.05. The first-order chi connectivity index (χ1) is 11.2. The summed E-state index contributed by atoms with van der Waals surface area (Å²) in [4.78, 5) is 11.5. The molecular formula is C19H20O4. The molecule has 0 aromatic heterocycles. The summed E-state index contributed by atoms with van der Waals surface area (Å²) in [6.45, 7) is 2.57. The van der Waals surface area contributed by atoms with Crippen LogP contribution in [0.15, 0.2) is 54.6 Å². The molecule has 0 aliphatic rings. The molecule has 0 aliphatic carbocycles. The van der Waals surface area contributed by atoms with E-state index in [4.69, 9.17) is 14.2 Å². The molecule has 0 heterocycles. The quantitative estimate of drug-likeness (QED) is 0.575. The van der Waals surface area contributed by atoms with Crippen molar-refractivity contribution in [2.45, 2.75) is 13.5 Å². The third-order valence-corrected chi connectivity index (χ3v) is 3.14. The molecule has 0 N–H and O–H groups in total. The zero-order chi connectivity index (χ0) is 16.5. The Hall–Kier alpha value is -2.75. The SMILES string of the molecule is CCOC(=O)/C=C/c1cc(OC)ccc1OCc1ccccc1. The minimum atomic E-state index is -0.385. The van der Waals surface area contributed by atoms with Gasteiger partial charge in [0.25, 0.3) is 0 Å². The molecule has 0 saturated carbocycles. The van der Waals surface area contributed by atoms with Gasteiger partial charge in [0.2, 0.25) is 0 Å². The zero-order valence-corrected chi connectivity index (χ0v) is 13.3. The molecule has 0 saturated heterocycles. The monoisotopic (exact) mass is 312 g/mol. The van der Waals surface area contributed by atoms with Gasteiger partial charge in [-0.2, -0.15) is 0 Å². The van der Waals surface area contributed by atoms with Gasteiger partial charge >= 0.3 is 5.97 Å². The fraction of sp³-hybridized carbons (Fsp3) is 0.211. The molecular weight excluding hydrogens is 292 g/mol. The van der Waals surface area contributed by atoms with Gasteiger partial charge in [-0.1, -0.05) is 30.3 Å². The van der Waals surface area contributed by atoms with Crippen LogP contribution < -0.4 is 9.47 Å². The Morgan fingerprint density at radius 1 is 1.13 bits per heavy atom. The van der Waals surface area contributed by atoms with Crippen LogP contribution in [0.5, 0.6) is 11.5 Å². The highest BCUT2D eigenvalue weighted by Crippen LogP contribution is 2.26. The molecule has 0 aliphatic heterocycles. The number of hydrogen-bond donors (Lipinski definition) is 0. The minimum Gasteiger partial charge on any atom is -0.497 e. The smallest absolute Gasteiger partial charge is 0.330 e. The Bertz CT molecular complexity index is 662. The molecule has 0 fully saturated rings. The van der Waals surface area contributed by atoms with Crippen LogP contribution in [0.4, 0.5) is 0 Å². The maximum absolute atomic E-state index is 11.5. The highest BCUT2D eigenvalue weighted by Gasteiger charge is 2.05. The Balaban J connectivity index is 2.15. The van der Waals surface area contributed by atoms with Crippen LogP contribution in [-0.2, 0) is 16.1 Å². The molecule has 0 unspecified atom stereocenters. The molecule has 2 aromatic carbocycles. The van der Waals surface area contributed by atoms with E-state index in [9.17, 15) is 4.79 Å². The van der Waals surface area contributed by atoms with Crippen molar-refractivity contribution in [3.63, 3.8) is 0 Å². The van der Waals surface area contributed by atoms with Gasteiger partial charge in [-0.3, -0.25) is 0 Å². The normalized spacial score (nSPS) is 10.5. The van der Waals surface area contributed by atoms with E-state index in [-0.39, 0.29) is 5.97 Å². The first kappa shape index (κ1) is 16.6. The van der Waals surface area contributed by atoms with E-state index in [1.807, 2.05) is 48.5 Å². The molecule has 0 bridgehead atoms. The van der Waals surface area contributed by atoms with Gasteiger partial charge in [-0.15, -0.1) is 0 Å². The van der Waals surface area contributed by atoms with Crippen LogP contribution >= 0.6 is 0 Å². The maximum Gasteiger partial charge on any atom is 0.330 e. The second kappa shape index (κ2) is 8.63. The lowest BCUT2D eigenvalue weighted by molar-refractivity contribution is -0.137. The molecule has 0 spiro atoms. The number of esters is 1. The number of benzene rings is 2. The lowest BCUT2D eigenvalue weighted by Crippen LogP contribution is -2.00. The number of hydrogen-bond acceptors (Lipinski definition) is 4. The molecule has 2 rings (SSSR count). The third kappa shape index (κ3) is 5.18. The Morgan fingerprint density at radius 3 is 2.61 bits per heavy atom. The lowest BCUT2D eigenvalue weighted by atomic mass is 10.1. The Morgan fingerprint density at radius 2 is 1.91 bits per heavy atom. The Kier molecular flexibility index (Phi) is 6.24. The van der Waals surface area contributed by atoms with E-state index in [1.54, 1.807) is 20.1 Å². The van der Waals surface area contributed by atoms with E-state index in [1.165, 1.54) is 6.08 Å². The van der Waals surface area contributed by atoms with Crippen molar-refractivity contribution in [3.05, 3.63) is 65.7 Å². The van der Waals surface area contributed by atoms with Crippen molar-refractivity contribution in [2.24, 2.45) is 0 Å². The van der Waals surface area contributed by atoms with E-state index in [0.717, 1.165) is 11.1 Å². The lowest BCUT2D eigenvalue weighted by Gasteiger charge is -2.11. The average molecular weight is 312 g/mol. The molecule has 4 heteroatoms. The second-order valence-corrected chi connectivity index (χ2v) is 4.76. The van der Waals surface area contributed by atoms with Gasteiger partial charge < -0.3 is 14.2 Å². The molecule has 2 aromatic rings. The van der Waals surface area contributed by atoms with Crippen molar-refractivity contribution in [1.29, 1.82) is 0 Å². The van der Waals surface area contributed by atoms with Crippen LogP contribution in [0.25, 0.3) is 6.08 Å². The van der Waals surface area contributed by atoms with Crippen molar-refractivity contribution >= 4 is 12.0 Å². The van der Waals surface area contributed by atoms with E-state index in [0.29, 0.717) is 24.7 Å². The van der Waals surface area contributed by atoms with Crippen LogP contribution in [0, 0.1) is 0 Å². The van der Waals surface area contributed by atoms with Gasteiger partial charge in [0.15, 0.2) is 0 Å². The minimum absolute atomic E-state index is 0.346. The predicted octanol–water partition coefficient (Wildman–Crippen LogP) is 3.85. The molecule has 0 radical (unpaired) electrons. The fourth-order valence-corrected chi connectivity index (χ4v) is 2.00. The number of methoxy groups -OCH3 is 1. The summed E-state index contributed by atoms with van der Waals surface area (Å²) in [6, 6.07) is 15.4. The van der Waals surface area contributed by atoms with E-state index < -0.39 is 0 Å². The van der Waals surface area contributed by atoms with Crippen LogP contribution in [-0.4, -0.2) is 19.7 Å². The van der Waals surface area contributed by atoms with Crippen molar-refractivity contribution < 1.29 is 19.0 Å². The van der Waals surface area contributed by atoms with Crippen molar-refractivity contribution in [1.82, 2.24) is 0 Å². The van der Waals surface area contributed by atoms with Gasteiger partial charge in [-0.25, -0.2) is 4.79 Å². The van der Waals surface area contributed by atoms with Crippen molar-refractivity contribution in [3.8, 4) is 11.5 Å². The van der Waals surface area contributed by atoms with Gasteiger partial charge in [0, 0.05) is 11.6 Å². The largest absolute Gasteiger partial charge is 0.497 e. The highest BCUT2D eigenvalue weighted by molar-refractivity contribution is 5.87. The number of carbonyl (C=O) groups excluding carboxylic acids is 1. The number of carbonyl (C=O) groups is 1. The van der Waals surface area contributed by atoms with Crippen LogP contribution in [0.3, 0.4) is 0 Å². The number of ether oxygens (including phenoxy) is 3. The summed E-state index contributed by atoms with van der Waals surface area (Å²) in [5, 5.41) is 0. The first-order valence-corrected chi connectivity index (χ1v) is 7.42. The second-order valence-electron chi connectivity index (χ2n) is 4.76. The van der Waals surface area contributed by atoms with E-state index >= 15 is 0 Å². The molecule has 23 heavy (non-hydrogen) atoms. The van der Waals surface area contributed by atoms with Crippen molar-refractivity contribution in [2.75, 3.05) is 13.7 Å². The third-order valence-electron chi connectivity index (χ3n) is 3.14. The van der Waals surface area contributed by atoms with Crippen LogP contribution in [0.1, 0.15) is 18.1 Å². The molecule has 0 atom stereocenters. The van der Waals surface area contributed by atoms with Gasteiger partial charge in [0.05, 0.1) is 13.7 Å². The summed E-state index contributed by atoms with van der Waals surface area (Å²) < 4.78 is 16.0. The van der Waals surface area contributed by atoms with Gasteiger partial charge in [0.1, 0.15) is 18.1 Å². The van der Waals surface area contributed by atoms with Crippen LogP contribution in [0.2, 0.25) is 0 Å². The first-order valence-electron chi connectivity index (χ1n) is 7.42. The summed E-state index contributed by atoms with van der Waals surface area (Å²) in [5.41, 5.74) is 1.83. The van der Waals surface area contributed by atoms with E-state index in [2.05, 4.69) is 0 Å². The molecule has 0 amide bonds. The molecule has 120 valence electrons. The molecule has 4 nitrogen and oxygen atoms in total. The fourth-order valence-electron chi connectivity index (χ4n) is 2.00.